The van der Waals surface area contributed by atoms with Gasteiger partial charge in [-0.2, -0.15) is 5.10 Å². The highest BCUT2D eigenvalue weighted by molar-refractivity contribution is 7.89. The number of rotatable bonds is 7. The van der Waals surface area contributed by atoms with E-state index in [1.807, 2.05) is 0 Å². The Bertz CT molecular complexity index is 956. The van der Waals surface area contributed by atoms with E-state index >= 15 is 0 Å². The fraction of sp³-hybridized carbons (Fsp3) is 0.412. The van der Waals surface area contributed by atoms with Crippen molar-refractivity contribution in [2.24, 2.45) is 0 Å². The number of ether oxygens (including phenoxy) is 1. The largest absolute Gasteiger partial charge is 0.733 e. The van der Waals surface area contributed by atoms with E-state index in [0.717, 1.165) is 18.2 Å². The molecule has 0 saturated carbocycles. The summed E-state index contributed by atoms with van der Waals surface area (Å²) in [7, 11) is -3.94. The summed E-state index contributed by atoms with van der Waals surface area (Å²) in [6.45, 7) is 1.97. The number of esters is 1. The summed E-state index contributed by atoms with van der Waals surface area (Å²) in [5, 5.41) is 23.8. The van der Waals surface area contributed by atoms with Crippen LogP contribution in [0.5, 0.6) is 0 Å². The lowest BCUT2D eigenvalue weighted by Gasteiger charge is -2.25. The van der Waals surface area contributed by atoms with E-state index in [1.54, 1.807) is 13.1 Å². The second kappa shape index (κ2) is 8.27. The van der Waals surface area contributed by atoms with Crippen molar-refractivity contribution in [2.45, 2.75) is 43.7 Å². The van der Waals surface area contributed by atoms with Crippen LogP contribution < -0.4 is 9.95 Å². The second-order valence-corrected chi connectivity index (χ2v) is 8.06. The molecule has 2 aromatic rings. The van der Waals surface area contributed by atoms with E-state index in [0.29, 0.717) is 18.4 Å². The van der Waals surface area contributed by atoms with Crippen molar-refractivity contribution >= 4 is 21.7 Å². The maximum Gasteiger partial charge on any atom is 0.327 e. The molecule has 0 saturated heterocycles. The summed E-state index contributed by atoms with van der Waals surface area (Å²) >= 11 is 0. The first-order valence-electron chi connectivity index (χ1n) is 8.80. The van der Waals surface area contributed by atoms with E-state index in [4.69, 9.17) is 9.94 Å². The van der Waals surface area contributed by atoms with Crippen molar-refractivity contribution in [3.63, 3.8) is 0 Å². The molecule has 0 amide bonds. The van der Waals surface area contributed by atoms with Gasteiger partial charge >= 0.3 is 5.97 Å². The molecular weight excluding hydrogens is 388 g/mol. The van der Waals surface area contributed by atoms with Gasteiger partial charge in [0.15, 0.2) is 0 Å². The Labute approximate surface area is 162 Å². The fourth-order valence-corrected chi connectivity index (χ4v) is 4.52. The summed E-state index contributed by atoms with van der Waals surface area (Å²) in [5.41, 5.74) is 1.32. The highest BCUT2D eigenvalue weighted by Gasteiger charge is 2.29. The van der Waals surface area contributed by atoms with Crippen molar-refractivity contribution in [3.05, 3.63) is 46.9 Å². The summed E-state index contributed by atoms with van der Waals surface area (Å²) in [6, 6.07) is 4.58. The predicted octanol–water partition coefficient (Wildman–Crippen LogP) is 1.50. The molecule has 2 N–H and O–H groups in total. The van der Waals surface area contributed by atoms with E-state index in [-0.39, 0.29) is 23.7 Å². The molecule has 28 heavy (non-hydrogen) atoms. The van der Waals surface area contributed by atoms with Crippen molar-refractivity contribution < 1.29 is 23.2 Å². The normalized spacial score (nSPS) is 16.5. The first-order valence-corrected chi connectivity index (χ1v) is 10.3. The van der Waals surface area contributed by atoms with Gasteiger partial charge in [-0.1, -0.05) is 6.07 Å². The Morgan fingerprint density at radius 2 is 2.29 bits per heavy atom. The van der Waals surface area contributed by atoms with Crippen LogP contribution in [-0.2, 0) is 32.5 Å². The molecule has 1 aliphatic rings. The van der Waals surface area contributed by atoms with Gasteiger partial charge in [0.2, 0.25) is 10.0 Å². The van der Waals surface area contributed by atoms with E-state index in [1.165, 1.54) is 22.9 Å². The monoisotopic (exact) mass is 409 g/mol. The fourth-order valence-electron chi connectivity index (χ4n) is 3.23. The maximum absolute atomic E-state index is 12.7. The van der Waals surface area contributed by atoms with Crippen molar-refractivity contribution in [3.8, 4) is 0 Å². The van der Waals surface area contributed by atoms with Crippen LogP contribution in [0.2, 0.25) is 0 Å². The van der Waals surface area contributed by atoms with Gasteiger partial charge in [-0.25, -0.2) is 13.1 Å². The number of nitrogens with one attached hydrogen (secondary N) is 1. The third-order valence-corrected chi connectivity index (χ3v) is 5.96. The van der Waals surface area contributed by atoms with Crippen LogP contribution >= 0.6 is 0 Å². The Hall–Kier alpha value is -2.47. The van der Waals surface area contributed by atoms with E-state index < -0.39 is 27.3 Å². The number of fused-ring (bicyclic) bond motifs is 1. The van der Waals surface area contributed by atoms with Crippen LogP contribution in [0.1, 0.15) is 37.1 Å². The molecule has 1 aromatic carbocycles. The van der Waals surface area contributed by atoms with Gasteiger partial charge < -0.3 is 15.2 Å². The number of carbonyl (C=O) groups excluding carboxylic acids is 1. The van der Waals surface area contributed by atoms with Gasteiger partial charge in [-0.3, -0.25) is 14.7 Å². The molecule has 1 heterocycles. The Morgan fingerprint density at radius 3 is 3.00 bits per heavy atom. The molecule has 1 atom stereocenters. The third kappa shape index (κ3) is 4.33. The van der Waals surface area contributed by atoms with Crippen molar-refractivity contribution in [2.75, 3.05) is 11.8 Å². The van der Waals surface area contributed by atoms with Gasteiger partial charge in [0, 0.05) is 11.3 Å². The molecule has 0 bridgehead atoms. The van der Waals surface area contributed by atoms with Gasteiger partial charge in [0.05, 0.1) is 29.4 Å². The smallest absolute Gasteiger partial charge is 0.327 e. The lowest BCUT2D eigenvalue weighted by Crippen LogP contribution is -2.31. The predicted molar refractivity (Wildman–Crippen MR) is 98.9 cm³/mol. The Morgan fingerprint density at radius 1 is 1.50 bits per heavy atom. The number of hydrogen-bond acceptors (Lipinski definition) is 8. The molecule has 0 fully saturated rings. The quantitative estimate of drug-likeness (QED) is 0.518. The molecule has 1 aliphatic carbocycles. The third-order valence-electron chi connectivity index (χ3n) is 4.49. The minimum atomic E-state index is -3.94. The number of sulfonamides is 1. The van der Waals surface area contributed by atoms with Gasteiger partial charge in [0.1, 0.15) is 6.54 Å². The van der Waals surface area contributed by atoms with Crippen LogP contribution in [0.15, 0.2) is 35.4 Å². The molecule has 10 nitrogen and oxygen atoms in total. The van der Waals surface area contributed by atoms with Gasteiger partial charge in [-0.05, 0) is 44.4 Å². The number of aromatic nitrogens is 2. The van der Waals surface area contributed by atoms with Crippen molar-refractivity contribution in [1.82, 2.24) is 14.5 Å². The number of nitrogens with zero attached hydrogens (tertiary/aromatic N) is 3. The summed E-state index contributed by atoms with van der Waals surface area (Å²) < 4.78 is 34.6. The van der Waals surface area contributed by atoms with Gasteiger partial charge in [-0.15, -0.1) is 0 Å². The molecule has 152 valence electrons. The zero-order valence-corrected chi connectivity index (χ0v) is 16.1. The molecule has 1 aromatic heterocycles. The molecule has 0 radical (unpaired) electrons. The topological polar surface area (TPSA) is 137 Å². The van der Waals surface area contributed by atoms with Crippen molar-refractivity contribution in [1.29, 1.82) is 0 Å². The lowest BCUT2D eigenvalue weighted by molar-refractivity contribution is -0.144. The molecule has 0 spiro atoms. The van der Waals surface area contributed by atoms with Crippen LogP contribution in [0.25, 0.3) is 0 Å². The molecule has 0 aliphatic heterocycles. The van der Waals surface area contributed by atoms with Crippen LogP contribution in [0, 0.1) is 5.21 Å². The molecule has 1 unspecified atom stereocenters. The zero-order valence-electron chi connectivity index (χ0n) is 15.2. The number of hydrogen-bond donors (Lipinski definition) is 2. The van der Waals surface area contributed by atoms with Crippen LogP contribution in [-0.4, -0.2) is 36.0 Å². The first-order chi connectivity index (χ1) is 13.3. The van der Waals surface area contributed by atoms with Crippen LogP contribution in [0.4, 0.5) is 5.69 Å². The van der Waals surface area contributed by atoms with Crippen LogP contribution in [0.3, 0.4) is 0 Å². The summed E-state index contributed by atoms with van der Waals surface area (Å²) in [5.74, 6) is -0.404. The Balaban J connectivity index is 1.82. The first kappa shape index (κ1) is 20.3. The second-order valence-electron chi connectivity index (χ2n) is 6.35. The minimum absolute atomic E-state index is 0.0273. The SMILES string of the molecule is CCOC(=O)Cn1ncc2c1CCCC2NS(=O)(=O)c1cccc(N([O-])O)c1. The standard InChI is InChI=1S/C17H21N4O6S/c1-2-27-17(22)11-20-16-8-4-7-15(14(16)10-18-20)19-28(25,26)13-6-3-5-12(9-13)21(23)24/h3,5-6,9-10,15,19,23H,2,4,7-8,11H2,1H3/q-1. The van der Waals surface area contributed by atoms with Gasteiger partial charge in [0.25, 0.3) is 0 Å². The number of benzene rings is 1. The maximum atomic E-state index is 12.7. The number of anilines is 1. The zero-order chi connectivity index (χ0) is 20.3. The Kier molecular flexibility index (Phi) is 5.98. The minimum Gasteiger partial charge on any atom is -0.733 e. The highest BCUT2D eigenvalue weighted by atomic mass is 32.2. The lowest BCUT2D eigenvalue weighted by atomic mass is 9.94. The molecule has 3 rings (SSSR count). The summed E-state index contributed by atoms with van der Waals surface area (Å²) in [4.78, 5) is 11.6. The molecular formula is C17H21N4O6S-. The number of carbonyl (C=O) groups is 1. The average Bonchev–Trinajstić information content (AvgIpc) is 3.06. The summed E-state index contributed by atoms with van der Waals surface area (Å²) in [6.07, 6.45) is 3.53. The van der Waals surface area contributed by atoms with E-state index in [9.17, 15) is 18.4 Å². The van der Waals surface area contributed by atoms with E-state index in [2.05, 4.69) is 9.82 Å². The highest BCUT2D eigenvalue weighted by Crippen LogP contribution is 2.31. The average molecular weight is 409 g/mol. The molecule has 11 heteroatoms.